The minimum Gasteiger partial charge on any atom is -0.334 e. The first kappa shape index (κ1) is 11.6. The number of alkyl halides is 3. The zero-order chi connectivity index (χ0) is 10.8. The Hall–Kier alpha value is -0.430. The van der Waals surface area contributed by atoms with Gasteiger partial charge < -0.3 is 4.98 Å². The van der Waals surface area contributed by atoms with Gasteiger partial charge in [0.2, 0.25) is 0 Å². The molecule has 78 valence electrons. The molecule has 1 rings (SSSR count). The normalized spacial score (nSPS) is 11.7. The van der Waals surface area contributed by atoms with Crippen LogP contribution in [0, 0.1) is 4.64 Å². The molecule has 7 heteroatoms. The largest absolute Gasteiger partial charge is 0.389 e. The van der Waals surface area contributed by atoms with E-state index in [4.69, 9.17) is 12.2 Å². The summed E-state index contributed by atoms with van der Waals surface area (Å²) < 4.78 is 36.5. The number of halogens is 4. The summed E-state index contributed by atoms with van der Waals surface area (Å²) in [6.45, 7) is 0. The molecule has 0 unspecified atom stereocenters. The molecular formula is C7H6BrF3N2S. The third-order valence-corrected chi connectivity index (χ3v) is 2.64. The second-order valence-electron chi connectivity index (χ2n) is 2.62. The van der Waals surface area contributed by atoms with Crippen LogP contribution in [0.25, 0.3) is 0 Å². The van der Waals surface area contributed by atoms with E-state index in [0.717, 1.165) is 0 Å². The van der Waals surface area contributed by atoms with E-state index >= 15 is 0 Å². The van der Waals surface area contributed by atoms with Crippen molar-refractivity contribution in [3.8, 4) is 0 Å². The average Bonchev–Trinajstić information content (AvgIpc) is 2.06. The summed E-state index contributed by atoms with van der Waals surface area (Å²) in [6.07, 6.45) is -3.85. The number of aryl methyl sites for hydroxylation is 1. The molecule has 0 bridgehead atoms. The van der Waals surface area contributed by atoms with Crippen molar-refractivity contribution in [3.05, 3.63) is 21.1 Å². The monoisotopic (exact) mass is 286 g/mol. The summed E-state index contributed by atoms with van der Waals surface area (Å²) in [5.41, 5.74) is 0. The van der Waals surface area contributed by atoms with E-state index in [1.807, 2.05) is 0 Å². The third-order valence-electron chi connectivity index (χ3n) is 1.45. The van der Waals surface area contributed by atoms with Crippen molar-refractivity contribution < 1.29 is 13.2 Å². The molecule has 0 aliphatic heterocycles. The lowest BCUT2D eigenvalue weighted by Crippen LogP contribution is -2.10. The van der Waals surface area contributed by atoms with Gasteiger partial charge in [-0.25, -0.2) is 4.98 Å². The number of H-pyrrole nitrogens is 1. The number of rotatable bonds is 2. The van der Waals surface area contributed by atoms with Gasteiger partial charge in [0.15, 0.2) is 0 Å². The van der Waals surface area contributed by atoms with Gasteiger partial charge in [-0.15, -0.1) is 0 Å². The number of nitrogens with one attached hydrogen (secondary N) is 1. The van der Waals surface area contributed by atoms with Crippen LogP contribution in [0.2, 0.25) is 0 Å². The number of aromatic amines is 1. The van der Waals surface area contributed by atoms with Crippen LogP contribution in [0.5, 0.6) is 0 Å². The summed E-state index contributed by atoms with van der Waals surface area (Å²) in [6, 6.07) is 0. The lowest BCUT2D eigenvalue weighted by molar-refractivity contribution is -0.134. The van der Waals surface area contributed by atoms with Gasteiger partial charge in [0.05, 0.1) is 10.9 Å². The van der Waals surface area contributed by atoms with Crippen LogP contribution >= 0.6 is 28.1 Å². The van der Waals surface area contributed by atoms with E-state index < -0.39 is 12.6 Å². The summed E-state index contributed by atoms with van der Waals surface area (Å²) in [5.74, 6) is 0.246. The van der Waals surface area contributed by atoms with Crippen molar-refractivity contribution in [2.24, 2.45) is 0 Å². The fourth-order valence-corrected chi connectivity index (χ4v) is 1.18. The molecule has 0 amide bonds. The Morgan fingerprint density at radius 1 is 1.50 bits per heavy atom. The number of nitrogens with zero attached hydrogens (tertiary/aromatic N) is 1. The summed E-state index contributed by atoms with van der Waals surface area (Å²) in [4.78, 5) is 6.38. The highest BCUT2D eigenvalue weighted by molar-refractivity contribution is 9.10. The van der Waals surface area contributed by atoms with Crippen molar-refractivity contribution in [3.63, 3.8) is 0 Å². The molecular weight excluding hydrogens is 281 g/mol. The van der Waals surface area contributed by atoms with Crippen LogP contribution < -0.4 is 0 Å². The van der Waals surface area contributed by atoms with Gasteiger partial charge in [-0.1, -0.05) is 12.2 Å². The van der Waals surface area contributed by atoms with Gasteiger partial charge in [-0.3, -0.25) is 0 Å². The molecule has 0 atom stereocenters. The fraction of sp³-hybridized carbons (Fsp3) is 0.429. The summed E-state index contributed by atoms with van der Waals surface area (Å²) >= 11 is 7.92. The molecule has 1 N–H and O–H groups in total. The first-order valence-corrected chi connectivity index (χ1v) is 4.89. The van der Waals surface area contributed by atoms with Gasteiger partial charge in [-0.2, -0.15) is 13.2 Å². The van der Waals surface area contributed by atoms with Crippen molar-refractivity contribution in [1.29, 1.82) is 0 Å². The topological polar surface area (TPSA) is 28.7 Å². The maximum Gasteiger partial charge on any atom is 0.389 e. The van der Waals surface area contributed by atoms with E-state index in [-0.39, 0.29) is 12.2 Å². The van der Waals surface area contributed by atoms with E-state index in [1.165, 1.54) is 6.20 Å². The fourth-order valence-electron chi connectivity index (χ4n) is 0.803. The number of aromatic nitrogens is 2. The number of hydrogen-bond donors (Lipinski definition) is 1. The van der Waals surface area contributed by atoms with Gasteiger partial charge in [-0.05, 0) is 15.9 Å². The molecule has 0 fully saturated rings. The quantitative estimate of drug-likeness (QED) is 0.845. The van der Waals surface area contributed by atoms with Crippen molar-refractivity contribution in [2.45, 2.75) is 19.0 Å². The van der Waals surface area contributed by atoms with Crippen molar-refractivity contribution >= 4 is 28.1 Å². The van der Waals surface area contributed by atoms with Crippen molar-refractivity contribution in [1.82, 2.24) is 9.97 Å². The average molecular weight is 287 g/mol. The minimum absolute atomic E-state index is 0.180. The Kier molecular flexibility index (Phi) is 3.65. The summed E-state index contributed by atoms with van der Waals surface area (Å²) in [5, 5.41) is 0. The van der Waals surface area contributed by atoms with Crippen LogP contribution in [0.1, 0.15) is 12.2 Å². The van der Waals surface area contributed by atoms with Gasteiger partial charge in [0, 0.05) is 12.6 Å². The lowest BCUT2D eigenvalue weighted by atomic mass is 10.3. The minimum atomic E-state index is -4.16. The molecule has 0 aliphatic carbocycles. The smallest absolute Gasteiger partial charge is 0.334 e. The molecule has 1 heterocycles. The van der Waals surface area contributed by atoms with Crippen LogP contribution in [-0.2, 0) is 6.42 Å². The zero-order valence-corrected chi connectivity index (χ0v) is 9.26. The highest BCUT2D eigenvalue weighted by atomic mass is 79.9. The predicted molar refractivity (Wildman–Crippen MR) is 51.5 cm³/mol. The maximum atomic E-state index is 11.8. The van der Waals surface area contributed by atoms with Gasteiger partial charge >= 0.3 is 6.18 Å². The highest BCUT2D eigenvalue weighted by Gasteiger charge is 2.26. The third kappa shape index (κ3) is 3.75. The van der Waals surface area contributed by atoms with Crippen LogP contribution in [0.15, 0.2) is 10.7 Å². The second-order valence-corrected chi connectivity index (χ2v) is 3.88. The summed E-state index contributed by atoms with van der Waals surface area (Å²) in [7, 11) is 0. The van der Waals surface area contributed by atoms with E-state index in [2.05, 4.69) is 25.9 Å². The lowest BCUT2D eigenvalue weighted by Gasteiger charge is -2.05. The predicted octanol–water partition coefficient (Wildman–Crippen LogP) is 3.40. The Bertz CT molecular complexity index is 374. The first-order chi connectivity index (χ1) is 6.38. The molecule has 14 heavy (non-hydrogen) atoms. The molecule has 0 aromatic carbocycles. The van der Waals surface area contributed by atoms with Crippen LogP contribution in [0.4, 0.5) is 13.2 Å². The Labute approximate surface area is 91.7 Å². The molecule has 0 saturated heterocycles. The molecule has 1 aromatic rings. The molecule has 0 saturated carbocycles. The Morgan fingerprint density at radius 2 is 2.14 bits per heavy atom. The molecule has 1 aromatic heterocycles. The van der Waals surface area contributed by atoms with E-state index in [1.54, 1.807) is 0 Å². The Morgan fingerprint density at radius 3 is 2.64 bits per heavy atom. The van der Waals surface area contributed by atoms with Crippen molar-refractivity contribution in [2.75, 3.05) is 0 Å². The first-order valence-electron chi connectivity index (χ1n) is 3.69. The number of hydrogen-bond acceptors (Lipinski definition) is 2. The molecule has 2 nitrogen and oxygen atoms in total. The molecule has 0 aliphatic rings. The maximum absolute atomic E-state index is 11.8. The highest BCUT2D eigenvalue weighted by Crippen LogP contribution is 2.21. The van der Waals surface area contributed by atoms with E-state index in [9.17, 15) is 13.2 Å². The van der Waals surface area contributed by atoms with Gasteiger partial charge in [0.25, 0.3) is 0 Å². The zero-order valence-electron chi connectivity index (χ0n) is 6.86. The Balaban J connectivity index is 2.70. The van der Waals surface area contributed by atoms with Gasteiger partial charge in [0.1, 0.15) is 10.5 Å². The SMILES string of the molecule is FC(F)(F)CCc1ncc(Br)c(=S)[nH]1. The van der Waals surface area contributed by atoms with Crippen LogP contribution in [-0.4, -0.2) is 16.1 Å². The van der Waals surface area contributed by atoms with Crippen LogP contribution in [0.3, 0.4) is 0 Å². The second kappa shape index (κ2) is 4.39. The molecule has 0 radical (unpaired) electrons. The molecule has 0 spiro atoms. The standard InChI is InChI=1S/C7H6BrF3N2S/c8-4-3-12-5(13-6(4)14)1-2-7(9,10)11/h3H,1-2H2,(H,12,13,14). The van der Waals surface area contributed by atoms with E-state index in [0.29, 0.717) is 9.11 Å².